The van der Waals surface area contributed by atoms with Crippen molar-refractivity contribution in [3.63, 3.8) is 0 Å². The summed E-state index contributed by atoms with van der Waals surface area (Å²) < 4.78 is 0.770. The number of benzene rings is 2. The molecule has 0 saturated carbocycles. The van der Waals surface area contributed by atoms with Crippen molar-refractivity contribution in [3.8, 4) is 51.4 Å². The fourth-order valence-corrected chi connectivity index (χ4v) is 3.01. The maximum Gasteiger partial charge on any atom is 0.208 e. The van der Waals surface area contributed by atoms with E-state index in [2.05, 4.69) is 44.2 Å². The topological polar surface area (TPSA) is 139 Å². The summed E-state index contributed by atoms with van der Waals surface area (Å²) in [6.45, 7) is 7.11. The highest BCUT2D eigenvalue weighted by atomic mass is 79.9. The van der Waals surface area contributed by atoms with E-state index in [0.717, 1.165) is 4.47 Å². The first-order chi connectivity index (χ1) is 13.3. The van der Waals surface area contributed by atoms with Crippen molar-refractivity contribution in [2.75, 3.05) is 0 Å². The Balaban J connectivity index is 2.43. The Morgan fingerprint density at radius 1 is 0.929 bits per heavy atom. The van der Waals surface area contributed by atoms with Gasteiger partial charge in [-0.2, -0.15) is 0 Å². The Hall–Kier alpha value is -3.59. The lowest BCUT2D eigenvalue weighted by Gasteiger charge is -2.15. The van der Waals surface area contributed by atoms with E-state index in [0.29, 0.717) is 5.56 Å². The molecule has 3 aromatic rings. The quantitative estimate of drug-likeness (QED) is 0.232. The van der Waals surface area contributed by atoms with E-state index in [1.54, 1.807) is 18.2 Å². The van der Waals surface area contributed by atoms with E-state index in [1.165, 1.54) is 6.08 Å². The molecule has 142 valence electrons. The highest BCUT2D eigenvalue weighted by Crippen LogP contribution is 2.56. The van der Waals surface area contributed by atoms with Crippen molar-refractivity contribution in [1.29, 1.82) is 0 Å². The normalized spacial score (nSPS) is 10.6. The molecule has 0 bridgehead atoms. The first-order valence-electron chi connectivity index (χ1n) is 7.76. The number of rotatable bonds is 4. The zero-order valence-electron chi connectivity index (χ0n) is 14.3. The summed E-state index contributed by atoms with van der Waals surface area (Å²) in [7, 11) is 0. The van der Waals surface area contributed by atoms with Crippen LogP contribution in [0, 0.1) is 0 Å². The molecule has 9 heteroatoms. The molecule has 0 amide bonds. The Kier molecular flexibility index (Phi) is 4.93. The summed E-state index contributed by atoms with van der Waals surface area (Å²) in [4.78, 5) is 12.5. The van der Waals surface area contributed by atoms with Crippen LogP contribution in [0.5, 0.6) is 28.7 Å². The van der Waals surface area contributed by atoms with Crippen LogP contribution in [-0.2, 0) is 0 Å². The molecule has 1 heterocycles. The van der Waals surface area contributed by atoms with Gasteiger partial charge in [0.25, 0.3) is 0 Å². The smallest absolute Gasteiger partial charge is 0.208 e. The molecule has 28 heavy (non-hydrogen) atoms. The zero-order chi connectivity index (χ0) is 20.6. The van der Waals surface area contributed by atoms with Gasteiger partial charge in [0.05, 0.1) is 11.3 Å². The minimum atomic E-state index is -1.07. The molecular formula is C19H14BrN3O5. The minimum Gasteiger partial charge on any atom is -0.504 e. The van der Waals surface area contributed by atoms with E-state index in [9.17, 15) is 25.5 Å². The standard InChI is InChI=1S/C19H14BrN3O5/c1-3-10-12(21-2)13(11-14(24)16(26)18(28)17(27)15(11)25)23-19(22-10)8-5-4-6-9(20)7-8/h3-7,24-28H,1-2H2. The molecule has 0 atom stereocenters. The molecule has 0 aliphatic carbocycles. The van der Waals surface area contributed by atoms with E-state index in [1.807, 2.05) is 6.07 Å². The number of aliphatic imine (C=N–C) groups is 1. The van der Waals surface area contributed by atoms with Crippen molar-refractivity contribution < 1.29 is 25.5 Å². The maximum atomic E-state index is 10.3. The van der Waals surface area contributed by atoms with Gasteiger partial charge in [-0.25, -0.2) is 9.97 Å². The predicted molar refractivity (Wildman–Crippen MR) is 108 cm³/mol. The third-order valence-electron chi connectivity index (χ3n) is 3.95. The molecule has 2 aromatic carbocycles. The first kappa shape index (κ1) is 19.2. The van der Waals surface area contributed by atoms with Crippen LogP contribution in [0.2, 0.25) is 0 Å². The van der Waals surface area contributed by atoms with Crippen molar-refractivity contribution in [2.45, 2.75) is 0 Å². The van der Waals surface area contributed by atoms with E-state index in [-0.39, 0.29) is 22.9 Å². The maximum absolute atomic E-state index is 10.3. The van der Waals surface area contributed by atoms with E-state index in [4.69, 9.17) is 0 Å². The summed E-state index contributed by atoms with van der Waals surface area (Å²) >= 11 is 3.36. The van der Waals surface area contributed by atoms with E-state index < -0.39 is 34.3 Å². The molecule has 0 aliphatic heterocycles. The van der Waals surface area contributed by atoms with Crippen LogP contribution >= 0.6 is 15.9 Å². The van der Waals surface area contributed by atoms with Crippen LogP contribution in [0.1, 0.15) is 5.69 Å². The Morgan fingerprint density at radius 3 is 2.07 bits per heavy atom. The summed E-state index contributed by atoms with van der Waals surface area (Å²) in [6, 6.07) is 7.07. The van der Waals surface area contributed by atoms with Crippen LogP contribution in [0.3, 0.4) is 0 Å². The summed E-state index contributed by atoms with van der Waals surface area (Å²) in [6.07, 6.45) is 1.38. The highest BCUT2D eigenvalue weighted by Gasteiger charge is 2.28. The third kappa shape index (κ3) is 3.01. The number of phenols is 5. The minimum absolute atomic E-state index is 0.0452. The van der Waals surface area contributed by atoms with Crippen molar-refractivity contribution in [3.05, 3.63) is 41.0 Å². The van der Waals surface area contributed by atoms with Crippen LogP contribution in [0.4, 0.5) is 5.69 Å². The van der Waals surface area contributed by atoms with Crippen molar-refractivity contribution in [1.82, 2.24) is 9.97 Å². The van der Waals surface area contributed by atoms with Gasteiger partial charge < -0.3 is 25.5 Å². The average Bonchev–Trinajstić information content (AvgIpc) is 2.70. The van der Waals surface area contributed by atoms with Crippen molar-refractivity contribution in [2.24, 2.45) is 4.99 Å². The Bertz CT molecular complexity index is 1100. The Labute approximate surface area is 167 Å². The number of aromatic nitrogens is 2. The van der Waals surface area contributed by atoms with Gasteiger partial charge in [-0.3, -0.25) is 4.99 Å². The van der Waals surface area contributed by atoms with Gasteiger partial charge in [0.1, 0.15) is 11.4 Å². The molecule has 3 rings (SSSR count). The first-order valence-corrected chi connectivity index (χ1v) is 8.55. The molecule has 8 nitrogen and oxygen atoms in total. The molecule has 1 aromatic heterocycles. The second-order valence-electron chi connectivity index (χ2n) is 5.62. The van der Waals surface area contributed by atoms with Crippen molar-refractivity contribution >= 4 is 34.4 Å². The number of phenolic OH excluding ortho intramolecular Hbond substituents is 5. The monoisotopic (exact) mass is 443 g/mol. The van der Waals surface area contributed by atoms with Gasteiger partial charge in [-0.05, 0) is 24.9 Å². The molecule has 0 saturated heterocycles. The van der Waals surface area contributed by atoms with Gasteiger partial charge in [-0.15, -0.1) is 0 Å². The summed E-state index contributed by atoms with van der Waals surface area (Å²) in [5, 5.41) is 50.0. The zero-order valence-corrected chi connectivity index (χ0v) is 15.8. The number of hydrogen-bond acceptors (Lipinski definition) is 8. The number of aromatic hydroxyl groups is 5. The lowest BCUT2D eigenvalue weighted by Crippen LogP contribution is -1.98. The largest absolute Gasteiger partial charge is 0.504 e. The number of halogens is 1. The molecule has 0 radical (unpaired) electrons. The molecule has 0 unspecified atom stereocenters. The second kappa shape index (κ2) is 7.20. The van der Waals surface area contributed by atoms with Gasteiger partial charge in [0.2, 0.25) is 17.2 Å². The molecule has 0 spiro atoms. The average molecular weight is 444 g/mol. The lowest BCUT2D eigenvalue weighted by molar-refractivity contribution is 0.330. The predicted octanol–water partition coefficient (Wildman–Crippen LogP) is 4.08. The fraction of sp³-hybridized carbons (Fsp3) is 0. The SMILES string of the molecule is C=Cc1nc(-c2cccc(Br)c2)nc(-c2c(O)c(O)c(O)c(O)c2O)c1N=C. The number of hydrogen-bond donors (Lipinski definition) is 5. The van der Waals surface area contributed by atoms with Crippen LogP contribution in [0.15, 0.2) is 40.3 Å². The van der Waals surface area contributed by atoms with Crippen LogP contribution < -0.4 is 0 Å². The Morgan fingerprint density at radius 2 is 1.54 bits per heavy atom. The van der Waals surface area contributed by atoms with Gasteiger partial charge >= 0.3 is 0 Å². The molecular weight excluding hydrogens is 430 g/mol. The highest BCUT2D eigenvalue weighted by molar-refractivity contribution is 9.10. The summed E-state index contributed by atoms with van der Waals surface area (Å²) in [5.41, 5.74) is 0.303. The van der Waals surface area contributed by atoms with Gasteiger partial charge in [0.15, 0.2) is 17.3 Å². The van der Waals surface area contributed by atoms with Crippen LogP contribution in [0.25, 0.3) is 28.7 Å². The summed E-state index contributed by atoms with van der Waals surface area (Å²) in [5.74, 6) is -4.72. The molecule has 5 N–H and O–H groups in total. The van der Waals surface area contributed by atoms with Crippen LogP contribution in [-0.4, -0.2) is 42.2 Å². The van der Waals surface area contributed by atoms with Gasteiger partial charge in [0, 0.05) is 10.0 Å². The fourth-order valence-electron chi connectivity index (χ4n) is 2.61. The van der Waals surface area contributed by atoms with Gasteiger partial charge in [-0.1, -0.05) is 34.6 Å². The second-order valence-corrected chi connectivity index (χ2v) is 6.54. The van der Waals surface area contributed by atoms with E-state index >= 15 is 0 Å². The molecule has 0 fully saturated rings. The number of nitrogens with zero attached hydrogens (tertiary/aromatic N) is 3. The lowest BCUT2D eigenvalue weighted by atomic mass is 10.0. The third-order valence-corrected chi connectivity index (χ3v) is 4.45. The molecule has 0 aliphatic rings.